The van der Waals surface area contributed by atoms with Crippen LogP contribution in [0.5, 0.6) is 0 Å². The monoisotopic (exact) mass is 337 g/mol. The minimum atomic E-state index is 0.938. The maximum atomic E-state index is 4.75. The summed E-state index contributed by atoms with van der Waals surface area (Å²) in [6.07, 6.45) is 3.74. The van der Waals surface area contributed by atoms with Crippen LogP contribution in [0.2, 0.25) is 0 Å². The molecule has 4 rings (SSSR count). The number of para-hydroxylation sites is 1. The molecule has 1 aliphatic rings. The summed E-state index contributed by atoms with van der Waals surface area (Å²) in [6, 6.07) is 18.8. The number of thioether (sulfide) groups is 2. The largest absolute Gasteiger partial charge is 0.241 e. The molecule has 0 saturated carbocycles. The fourth-order valence-electron chi connectivity index (χ4n) is 2.40. The van der Waals surface area contributed by atoms with Gasteiger partial charge >= 0.3 is 0 Å². The van der Waals surface area contributed by atoms with Gasteiger partial charge in [-0.2, -0.15) is 5.10 Å². The number of hydrogen-bond acceptors (Lipinski definition) is 4. The van der Waals surface area contributed by atoms with Gasteiger partial charge in [-0.1, -0.05) is 53.9 Å². The Bertz CT molecular complexity index is 824. The van der Waals surface area contributed by atoms with E-state index in [2.05, 4.69) is 53.6 Å². The van der Waals surface area contributed by atoms with Gasteiger partial charge in [0.1, 0.15) is 4.38 Å². The van der Waals surface area contributed by atoms with Crippen molar-refractivity contribution in [2.75, 3.05) is 0 Å². The van der Waals surface area contributed by atoms with Gasteiger partial charge in [0.25, 0.3) is 0 Å². The first-order valence-electron chi connectivity index (χ1n) is 7.40. The van der Waals surface area contributed by atoms with Gasteiger partial charge in [-0.05, 0) is 35.4 Å². The van der Waals surface area contributed by atoms with Crippen LogP contribution >= 0.6 is 23.5 Å². The Balaban J connectivity index is 1.43. The number of hydrogen-bond donors (Lipinski definition) is 0. The molecule has 0 N–H and O–H groups in total. The molecule has 114 valence electrons. The SMILES string of the molecule is c1ccc2c(c1)CSC(SCc1ccc(-n3cccn3)cc1)=N2. The van der Waals surface area contributed by atoms with Crippen LogP contribution < -0.4 is 0 Å². The molecule has 0 aliphatic carbocycles. The third-order valence-corrected chi connectivity index (χ3v) is 5.94. The molecule has 0 fully saturated rings. The predicted octanol–water partition coefficient (Wildman–Crippen LogP) is 5.04. The van der Waals surface area contributed by atoms with Crippen molar-refractivity contribution < 1.29 is 0 Å². The van der Waals surface area contributed by atoms with E-state index in [0.29, 0.717) is 0 Å². The van der Waals surface area contributed by atoms with E-state index in [1.54, 1.807) is 6.20 Å². The number of aliphatic imine (C=N–C) groups is 1. The van der Waals surface area contributed by atoms with Gasteiger partial charge in [-0.15, -0.1) is 0 Å². The zero-order valence-electron chi connectivity index (χ0n) is 12.4. The first kappa shape index (κ1) is 14.6. The number of benzene rings is 2. The molecule has 1 aromatic heterocycles. The lowest BCUT2D eigenvalue weighted by molar-refractivity contribution is 0.880. The van der Waals surface area contributed by atoms with Crippen molar-refractivity contribution in [2.24, 2.45) is 4.99 Å². The van der Waals surface area contributed by atoms with Gasteiger partial charge in [0.15, 0.2) is 0 Å². The minimum Gasteiger partial charge on any atom is -0.241 e. The normalized spacial score (nSPS) is 13.5. The van der Waals surface area contributed by atoms with E-state index >= 15 is 0 Å². The first-order chi connectivity index (χ1) is 11.4. The second-order valence-electron chi connectivity index (χ2n) is 5.20. The molecule has 0 unspecified atom stereocenters. The van der Waals surface area contributed by atoms with Crippen LogP contribution in [0.25, 0.3) is 5.69 Å². The van der Waals surface area contributed by atoms with Crippen molar-refractivity contribution in [3.8, 4) is 5.69 Å². The van der Waals surface area contributed by atoms with E-state index in [1.165, 1.54) is 11.1 Å². The van der Waals surface area contributed by atoms with Crippen LogP contribution in [0.3, 0.4) is 0 Å². The summed E-state index contributed by atoms with van der Waals surface area (Å²) in [7, 11) is 0. The molecule has 3 nitrogen and oxygen atoms in total. The average Bonchev–Trinajstić information content (AvgIpc) is 3.15. The van der Waals surface area contributed by atoms with Crippen molar-refractivity contribution in [1.29, 1.82) is 0 Å². The average molecular weight is 337 g/mol. The number of fused-ring (bicyclic) bond motifs is 1. The molecule has 23 heavy (non-hydrogen) atoms. The lowest BCUT2D eigenvalue weighted by Gasteiger charge is -2.14. The standard InChI is InChI=1S/C18H15N3S2/c1-2-5-17-15(4-1)13-23-18(20-17)22-12-14-6-8-16(9-7-14)21-11-3-10-19-21/h1-11H,12-13H2. The summed E-state index contributed by atoms with van der Waals surface area (Å²) < 4.78 is 3.02. The molecule has 0 spiro atoms. The molecule has 0 radical (unpaired) electrons. The molecule has 3 aromatic rings. The summed E-state index contributed by atoms with van der Waals surface area (Å²) >= 11 is 3.63. The van der Waals surface area contributed by atoms with E-state index in [1.807, 2.05) is 40.5 Å². The van der Waals surface area contributed by atoms with Crippen molar-refractivity contribution >= 4 is 33.6 Å². The quantitative estimate of drug-likeness (QED) is 0.671. The highest BCUT2D eigenvalue weighted by Crippen LogP contribution is 2.35. The second-order valence-corrected chi connectivity index (χ2v) is 7.39. The topological polar surface area (TPSA) is 30.2 Å². The summed E-state index contributed by atoms with van der Waals surface area (Å²) in [5.74, 6) is 1.95. The Kier molecular flexibility index (Phi) is 4.22. The highest BCUT2D eigenvalue weighted by atomic mass is 32.2. The van der Waals surface area contributed by atoms with Crippen molar-refractivity contribution in [1.82, 2.24) is 9.78 Å². The van der Waals surface area contributed by atoms with Crippen LogP contribution in [0, 0.1) is 0 Å². The Labute approximate surface area is 143 Å². The maximum Gasteiger partial charge on any atom is 0.131 e. The Hall–Kier alpha value is -1.98. The van der Waals surface area contributed by atoms with Crippen LogP contribution in [0.1, 0.15) is 11.1 Å². The molecule has 0 amide bonds. The molecule has 1 aliphatic heterocycles. The fraction of sp³-hybridized carbons (Fsp3) is 0.111. The first-order valence-corrected chi connectivity index (χ1v) is 9.37. The zero-order chi connectivity index (χ0) is 15.5. The smallest absolute Gasteiger partial charge is 0.131 e. The zero-order valence-corrected chi connectivity index (χ0v) is 14.1. The van der Waals surface area contributed by atoms with Gasteiger partial charge in [-0.25, -0.2) is 9.67 Å². The van der Waals surface area contributed by atoms with E-state index in [4.69, 9.17) is 4.99 Å². The number of aromatic nitrogens is 2. The molecular weight excluding hydrogens is 322 g/mol. The van der Waals surface area contributed by atoms with Crippen LogP contribution in [0.4, 0.5) is 5.69 Å². The Morgan fingerprint density at radius 2 is 1.91 bits per heavy atom. The lowest BCUT2D eigenvalue weighted by atomic mass is 10.2. The van der Waals surface area contributed by atoms with E-state index in [9.17, 15) is 0 Å². The third-order valence-electron chi connectivity index (χ3n) is 3.62. The summed E-state index contributed by atoms with van der Waals surface area (Å²) in [6.45, 7) is 0. The van der Waals surface area contributed by atoms with Gasteiger partial charge < -0.3 is 0 Å². The highest BCUT2D eigenvalue weighted by Gasteiger charge is 2.12. The number of nitrogens with zero attached hydrogens (tertiary/aromatic N) is 3. The van der Waals surface area contributed by atoms with Crippen molar-refractivity contribution in [3.05, 3.63) is 78.1 Å². The van der Waals surface area contributed by atoms with Crippen molar-refractivity contribution in [3.63, 3.8) is 0 Å². The Morgan fingerprint density at radius 1 is 1.04 bits per heavy atom. The summed E-state index contributed by atoms with van der Waals surface area (Å²) in [5, 5.41) is 4.25. The summed E-state index contributed by atoms with van der Waals surface area (Å²) in [5.41, 5.74) is 4.82. The van der Waals surface area contributed by atoms with Gasteiger partial charge in [0, 0.05) is 23.9 Å². The predicted molar refractivity (Wildman–Crippen MR) is 99.7 cm³/mol. The highest BCUT2D eigenvalue weighted by molar-refractivity contribution is 8.38. The minimum absolute atomic E-state index is 0.938. The fourth-order valence-corrected chi connectivity index (χ4v) is 4.42. The Morgan fingerprint density at radius 3 is 2.74 bits per heavy atom. The summed E-state index contributed by atoms with van der Waals surface area (Å²) in [4.78, 5) is 4.75. The lowest BCUT2D eigenvalue weighted by Crippen LogP contribution is -1.97. The molecule has 0 saturated heterocycles. The van der Waals surface area contributed by atoms with E-state index in [0.717, 1.165) is 27.3 Å². The molecule has 0 atom stereocenters. The van der Waals surface area contributed by atoms with E-state index < -0.39 is 0 Å². The van der Waals surface area contributed by atoms with Crippen LogP contribution in [-0.4, -0.2) is 14.2 Å². The van der Waals surface area contributed by atoms with Gasteiger partial charge in [-0.3, -0.25) is 0 Å². The maximum absolute atomic E-state index is 4.75. The van der Waals surface area contributed by atoms with E-state index in [-0.39, 0.29) is 0 Å². The van der Waals surface area contributed by atoms with Gasteiger partial charge in [0.05, 0.1) is 11.4 Å². The molecule has 2 heterocycles. The second kappa shape index (κ2) is 6.64. The van der Waals surface area contributed by atoms with Crippen molar-refractivity contribution in [2.45, 2.75) is 11.5 Å². The van der Waals surface area contributed by atoms with Crippen LogP contribution in [-0.2, 0) is 11.5 Å². The molecule has 5 heteroatoms. The molecule has 0 bridgehead atoms. The van der Waals surface area contributed by atoms with Crippen LogP contribution in [0.15, 0.2) is 72.0 Å². The molecular formula is C18H15N3S2. The number of rotatable bonds is 3. The third kappa shape index (κ3) is 3.35. The molecule has 2 aromatic carbocycles. The van der Waals surface area contributed by atoms with Gasteiger partial charge in [0.2, 0.25) is 0 Å².